The maximum Gasteiger partial charge on any atom is 0.191 e. The molecular formula is C19H32N4S. The van der Waals surface area contributed by atoms with E-state index < -0.39 is 0 Å². The molecule has 4 nitrogen and oxygen atoms in total. The third-order valence-electron chi connectivity index (χ3n) is 4.52. The molecule has 2 N–H and O–H groups in total. The van der Waals surface area contributed by atoms with E-state index in [-0.39, 0.29) is 0 Å². The molecule has 0 bridgehead atoms. The third kappa shape index (κ3) is 6.73. The smallest absolute Gasteiger partial charge is 0.191 e. The molecule has 1 saturated heterocycles. The SMILES string of the molecule is CN=C(NCCCCSC)NCC1CCCN1Cc1ccccc1. The average molecular weight is 349 g/mol. The Kier molecular flexibility index (Phi) is 9.06. The monoisotopic (exact) mass is 348 g/mol. The van der Waals surface area contributed by atoms with Crippen LogP contribution in [0.5, 0.6) is 0 Å². The van der Waals surface area contributed by atoms with Gasteiger partial charge in [-0.05, 0) is 49.8 Å². The summed E-state index contributed by atoms with van der Waals surface area (Å²) in [7, 11) is 1.85. The highest BCUT2D eigenvalue weighted by molar-refractivity contribution is 7.98. The summed E-state index contributed by atoms with van der Waals surface area (Å²) in [6.45, 7) is 4.21. The van der Waals surface area contributed by atoms with Gasteiger partial charge >= 0.3 is 0 Å². The second-order valence-electron chi connectivity index (χ2n) is 6.33. The molecule has 0 amide bonds. The third-order valence-corrected chi connectivity index (χ3v) is 5.22. The Morgan fingerprint density at radius 1 is 1.25 bits per heavy atom. The summed E-state index contributed by atoms with van der Waals surface area (Å²) in [5.41, 5.74) is 1.40. The quantitative estimate of drug-likeness (QED) is 0.409. The van der Waals surface area contributed by atoms with Gasteiger partial charge in [0.2, 0.25) is 0 Å². The number of nitrogens with zero attached hydrogens (tertiary/aromatic N) is 2. The maximum absolute atomic E-state index is 4.35. The fraction of sp³-hybridized carbons (Fsp3) is 0.632. The van der Waals surface area contributed by atoms with Gasteiger partial charge in [0.05, 0.1) is 0 Å². The van der Waals surface area contributed by atoms with Crippen molar-refractivity contribution in [2.24, 2.45) is 4.99 Å². The minimum Gasteiger partial charge on any atom is -0.356 e. The van der Waals surface area contributed by atoms with E-state index in [1.165, 1.54) is 43.5 Å². The Balaban J connectivity index is 1.71. The predicted octanol–water partition coefficient (Wildman–Crippen LogP) is 2.96. The molecule has 1 atom stereocenters. The lowest BCUT2D eigenvalue weighted by Gasteiger charge is -2.25. The molecule has 0 aliphatic carbocycles. The number of likely N-dealkylation sites (tertiary alicyclic amines) is 1. The van der Waals surface area contributed by atoms with Crippen LogP contribution in [0.15, 0.2) is 35.3 Å². The van der Waals surface area contributed by atoms with Crippen LogP contribution in [0.2, 0.25) is 0 Å². The highest BCUT2D eigenvalue weighted by Gasteiger charge is 2.24. The van der Waals surface area contributed by atoms with Crippen molar-refractivity contribution in [1.82, 2.24) is 15.5 Å². The topological polar surface area (TPSA) is 39.7 Å². The van der Waals surface area contributed by atoms with E-state index in [1.54, 1.807) is 0 Å². The van der Waals surface area contributed by atoms with Crippen LogP contribution >= 0.6 is 11.8 Å². The summed E-state index contributed by atoms with van der Waals surface area (Å²) in [5.74, 6) is 2.18. The summed E-state index contributed by atoms with van der Waals surface area (Å²) >= 11 is 1.91. The Hall–Kier alpha value is -1.20. The van der Waals surface area contributed by atoms with Gasteiger partial charge in [0.1, 0.15) is 0 Å². The van der Waals surface area contributed by atoms with Gasteiger partial charge < -0.3 is 10.6 Å². The number of guanidine groups is 1. The molecule has 0 aromatic heterocycles. The standard InChI is InChI=1S/C19H32N4S/c1-20-19(21-12-6-7-14-24-2)22-15-18-11-8-13-23(18)16-17-9-4-3-5-10-17/h3-5,9-10,18H,6-8,11-16H2,1-2H3,(H2,20,21,22). The van der Waals surface area contributed by atoms with Gasteiger partial charge in [-0.25, -0.2) is 0 Å². The van der Waals surface area contributed by atoms with Crippen molar-refractivity contribution in [3.8, 4) is 0 Å². The Labute approximate surface area is 151 Å². The normalized spacial score (nSPS) is 18.8. The van der Waals surface area contributed by atoms with Crippen molar-refractivity contribution in [3.63, 3.8) is 0 Å². The lowest BCUT2D eigenvalue weighted by atomic mass is 10.2. The first-order chi connectivity index (χ1) is 11.8. The van der Waals surface area contributed by atoms with Gasteiger partial charge in [-0.2, -0.15) is 11.8 Å². The van der Waals surface area contributed by atoms with Crippen molar-refractivity contribution < 1.29 is 0 Å². The summed E-state index contributed by atoms with van der Waals surface area (Å²) in [5, 5.41) is 6.94. The molecule has 0 saturated carbocycles. The molecule has 1 aliphatic heterocycles. The Morgan fingerprint density at radius 3 is 2.83 bits per heavy atom. The minimum absolute atomic E-state index is 0.597. The van der Waals surface area contributed by atoms with Gasteiger partial charge in [0, 0.05) is 32.7 Å². The number of benzene rings is 1. The molecule has 1 aromatic rings. The number of unbranched alkanes of at least 4 members (excludes halogenated alkanes) is 1. The van der Waals surface area contributed by atoms with Crippen molar-refractivity contribution in [3.05, 3.63) is 35.9 Å². The summed E-state index contributed by atoms with van der Waals surface area (Å²) in [6.07, 6.45) is 7.19. The maximum atomic E-state index is 4.35. The van der Waals surface area contributed by atoms with Gasteiger partial charge in [-0.3, -0.25) is 9.89 Å². The van der Waals surface area contributed by atoms with Gasteiger partial charge in [0.25, 0.3) is 0 Å². The second kappa shape index (κ2) is 11.4. The molecule has 0 radical (unpaired) electrons. The molecule has 1 aromatic carbocycles. The van der Waals surface area contributed by atoms with Crippen LogP contribution in [0.3, 0.4) is 0 Å². The van der Waals surface area contributed by atoms with Crippen LogP contribution in [0.1, 0.15) is 31.2 Å². The number of hydrogen-bond donors (Lipinski definition) is 2. The molecule has 1 fully saturated rings. The Morgan fingerprint density at radius 2 is 2.08 bits per heavy atom. The van der Waals surface area contributed by atoms with Crippen LogP contribution in [0.25, 0.3) is 0 Å². The van der Waals surface area contributed by atoms with E-state index in [9.17, 15) is 0 Å². The second-order valence-corrected chi connectivity index (χ2v) is 7.32. The van der Waals surface area contributed by atoms with Crippen LogP contribution in [0, 0.1) is 0 Å². The van der Waals surface area contributed by atoms with Crippen LogP contribution in [-0.4, -0.2) is 55.6 Å². The number of rotatable bonds is 9. The largest absolute Gasteiger partial charge is 0.356 e. The first-order valence-electron chi connectivity index (χ1n) is 9.05. The first-order valence-corrected chi connectivity index (χ1v) is 10.4. The highest BCUT2D eigenvalue weighted by atomic mass is 32.2. The Bertz CT molecular complexity index is 478. The zero-order chi connectivity index (χ0) is 17.0. The van der Waals surface area contributed by atoms with Crippen LogP contribution in [-0.2, 0) is 6.54 Å². The average Bonchev–Trinajstić information content (AvgIpc) is 3.05. The number of aliphatic imine (C=N–C) groups is 1. The number of hydrogen-bond acceptors (Lipinski definition) is 3. The molecule has 1 heterocycles. The zero-order valence-corrected chi connectivity index (χ0v) is 15.9. The molecule has 0 spiro atoms. The fourth-order valence-electron chi connectivity index (χ4n) is 3.17. The van der Waals surface area contributed by atoms with E-state index in [0.717, 1.165) is 25.6 Å². The number of nitrogens with one attached hydrogen (secondary N) is 2. The van der Waals surface area contributed by atoms with Crippen molar-refractivity contribution in [2.75, 3.05) is 38.7 Å². The molecule has 1 aliphatic rings. The number of thioether (sulfide) groups is 1. The van der Waals surface area contributed by atoms with E-state index in [2.05, 4.69) is 57.1 Å². The summed E-state index contributed by atoms with van der Waals surface area (Å²) < 4.78 is 0. The van der Waals surface area contributed by atoms with Crippen LogP contribution in [0.4, 0.5) is 0 Å². The van der Waals surface area contributed by atoms with Crippen molar-refractivity contribution in [1.29, 1.82) is 0 Å². The zero-order valence-electron chi connectivity index (χ0n) is 15.1. The molecular weight excluding hydrogens is 316 g/mol. The fourth-order valence-corrected chi connectivity index (χ4v) is 3.66. The van der Waals surface area contributed by atoms with E-state index in [4.69, 9.17) is 0 Å². The van der Waals surface area contributed by atoms with Gasteiger partial charge in [-0.1, -0.05) is 30.3 Å². The van der Waals surface area contributed by atoms with Crippen molar-refractivity contribution >= 4 is 17.7 Å². The van der Waals surface area contributed by atoms with E-state index >= 15 is 0 Å². The summed E-state index contributed by atoms with van der Waals surface area (Å²) in [4.78, 5) is 6.94. The van der Waals surface area contributed by atoms with Gasteiger partial charge in [-0.15, -0.1) is 0 Å². The van der Waals surface area contributed by atoms with Crippen molar-refractivity contribution in [2.45, 2.75) is 38.3 Å². The first kappa shape index (κ1) is 19.1. The van der Waals surface area contributed by atoms with E-state index in [0.29, 0.717) is 6.04 Å². The molecule has 2 rings (SSSR count). The molecule has 134 valence electrons. The van der Waals surface area contributed by atoms with E-state index in [1.807, 2.05) is 18.8 Å². The highest BCUT2D eigenvalue weighted by Crippen LogP contribution is 2.19. The predicted molar refractivity (Wildman–Crippen MR) is 107 cm³/mol. The minimum atomic E-state index is 0.597. The summed E-state index contributed by atoms with van der Waals surface area (Å²) in [6, 6.07) is 11.4. The lowest BCUT2D eigenvalue weighted by Crippen LogP contribution is -2.44. The van der Waals surface area contributed by atoms with Gasteiger partial charge in [0.15, 0.2) is 5.96 Å². The molecule has 5 heteroatoms. The lowest BCUT2D eigenvalue weighted by molar-refractivity contribution is 0.245. The molecule has 24 heavy (non-hydrogen) atoms. The molecule has 1 unspecified atom stereocenters. The van der Waals surface area contributed by atoms with Crippen LogP contribution < -0.4 is 10.6 Å².